The number of amides is 1. The van der Waals surface area contributed by atoms with Crippen molar-refractivity contribution in [2.45, 2.75) is 19.9 Å². The van der Waals surface area contributed by atoms with E-state index < -0.39 is 12.0 Å². The van der Waals surface area contributed by atoms with Crippen molar-refractivity contribution < 1.29 is 14.7 Å². The molecule has 0 radical (unpaired) electrons. The summed E-state index contributed by atoms with van der Waals surface area (Å²) < 4.78 is 0. The largest absolute Gasteiger partial charge is 0.480 e. The maximum atomic E-state index is 11.1. The van der Waals surface area contributed by atoms with Gasteiger partial charge in [-0.1, -0.05) is 13.8 Å². The van der Waals surface area contributed by atoms with E-state index in [1.807, 2.05) is 13.8 Å². The van der Waals surface area contributed by atoms with E-state index in [4.69, 9.17) is 5.11 Å². The number of hydrogen-bond donors (Lipinski definition) is 2. The van der Waals surface area contributed by atoms with E-state index in [2.05, 4.69) is 5.32 Å². The van der Waals surface area contributed by atoms with Crippen LogP contribution in [0.2, 0.25) is 0 Å². The van der Waals surface area contributed by atoms with Crippen molar-refractivity contribution in [3.63, 3.8) is 0 Å². The fourth-order valence-electron chi connectivity index (χ4n) is 1.59. The van der Waals surface area contributed by atoms with E-state index in [0.29, 0.717) is 12.5 Å². The minimum Gasteiger partial charge on any atom is -0.480 e. The van der Waals surface area contributed by atoms with Crippen LogP contribution in [0.25, 0.3) is 0 Å². The third-order valence-electron chi connectivity index (χ3n) is 2.16. The van der Waals surface area contributed by atoms with Gasteiger partial charge in [0.2, 0.25) is 5.91 Å². The Morgan fingerprint density at radius 3 is 2.86 bits per heavy atom. The SMILES string of the molecule is CC(C)CN1CC(=O)NCC1C(=O)O. The van der Waals surface area contributed by atoms with E-state index in [1.165, 1.54) is 0 Å². The van der Waals surface area contributed by atoms with E-state index in [1.54, 1.807) is 4.90 Å². The van der Waals surface area contributed by atoms with Gasteiger partial charge in [-0.2, -0.15) is 0 Å². The highest BCUT2D eigenvalue weighted by atomic mass is 16.4. The maximum Gasteiger partial charge on any atom is 0.322 e. The van der Waals surface area contributed by atoms with Gasteiger partial charge in [0.1, 0.15) is 6.04 Å². The highest BCUT2D eigenvalue weighted by molar-refractivity contribution is 5.83. The molecule has 0 aliphatic carbocycles. The molecule has 1 fully saturated rings. The number of nitrogens with zero attached hydrogens (tertiary/aromatic N) is 1. The Balaban J connectivity index is 2.63. The normalized spacial score (nSPS) is 23.6. The first kappa shape index (κ1) is 11.0. The summed E-state index contributed by atoms with van der Waals surface area (Å²) in [6.07, 6.45) is 0. The molecule has 0 aromatic rings. The lowest BCUT2D eigenvalue weighted by atomic mass is 10.1. The topological polar surface area (TPSA) is 69.6 Å². The van der Waals surface area contributed by atoms with Crippen LogP contribution in [0.1, 0.15) is 13.8 Å². The lowest BCUT2D eigenvalue weighted by molar-refractivity contribution is -0.146. The van der Waals surface area contributed by atoms with Crippen molar-refractivity contribution >= 4 is 11.9 Å². The Morgan fingerprint density at radius 2 is 2.36 bits per heavy atom. The van der Waals surface area contributed by atoms with Crippen molar-refractivity contribution in [1.29, 1.82) is 0 Å². The molecule has 1 aliphatic rings. The van der Waals surface area contributed by atoms with Gasteiger partial charge in [0.05, 0.1) is 6.54 Å². The quantitative estimate of drug-likeness (QED) is 0.646. The van der Waals surface area contributed by atoms with Crippen molar-refractivity contribution in [2.24, 2.45) is 5.92 Å². The van der Waals surface area contributed by atoms with Gasteiger partial charge in [-0.25, -0.2) is 0 Å². The summed E-state index contributed by atoms with van der Waals surface area (Å²) in [6.45, 7) is 5.05. The number of carbonyl (C=O) groups is 2. The second-order valence-corrected chi connectivity index (χ2v) is 3.98. The van der Waals surface area contributed by atoms with Crippen LogP contribution in [0.5, 0.6) is 0 Å². The second kappa shape index (κ2) is 4.41. The average Bonchev–Trinajstić information content (AvgIpc) is 2.01. The number of aliphatic carboxylic acids is 1. The van der Waals surface area contributed by atoms with Crippen LogP contribution in [-0.2, 0) is 9.59 Å². The summed E-state index contributed by atoms with van der Waals surface area (Å²) >= 11 is 0. The molecule has 5 nitrogen and oxygen atoms in total. The summed E-state index contributed by atoms with van der Waals surface area (Å²) in [7, 11) is 0. The third kappa shape index (κ3) is 2.70. The molecule has 0 spiro atoms. The number of carbonyl (C=O) groups excluding carboxylic acids is 1. The van der Waals surface area contributed by atoms with E-state index >= 15 is 0 Å². The molecule has 1 rings (SSSR count). The minimum atomic E-state index is -0.870. The van der Waals surface area contributed by atoms with Crippen molar-refractivity contribution in [3.8, 4) is 0 Å². The van der Waals surface area contributed by atoms with Gasteiger partial charge in [0, 0.05) is 13.1 Å². The summed E-state index contributed by atoms with van der Waals surface area (Å²) in [6, 6.07) is -0.574. The Labute approximate surface area is 83.1 Å². The first-order valence-corrected chi connectivity index (χ1v) is 4.74. The van der Waals surface area contributed by atoms with Crippen LogP contribution < -0.4 is 5.32 Å². The van der Waals surface area contributed by atoms with Gasteiger partial charge in [0.15, 0.2) is 0 Å². The highest BCUT2D eigenvalue weighted by Gasteiger charge is 2.31. The molecule has 0 aromatic heterocycles. The maximum absolute atomic E-state index is 11.1. The monoisotopic (exact) mass is 200 g/mol. The van der Waals surface area contributed by atoms with E-state index in [9.17, 15) is 9.59 Å². The van der Waals surface area contributed by atoms with Crippen molar-refractivity contribution in [2.75, 3.05) is 19.6 Å². The lowest BCUT2D eigenvalue weighted by Crippen LogP contribution is -2.58. The number of carboxylic acids is 1. The van der Waals surface area contributed by atoms with Crippen LogP contribution in [0.4, 0.5) is 0 Å². The standard InChI is InChI=1S/C9H16N2O3/c1-6(2)4-11-5-8(12)10-3-7(11)9(13)14/h6-7H,3-5H2,1-2H3,(H,10,12)(H,13,14). The van der Waals surface area contributed by atoms with Gasteiger partial charge >= 0.3 is 5.97 Å². The summed E-state index contributed by atoms with van der Waals surface area (Å²) in [4.78, 5) is 23.7. The predicted octanol–water partition coefficient (Wildman–Crippen LogP) is -0.473. The minimum absolute atomic E-state index is 0.0943. The fourth-order valence-corrected chi connectivity index (χ4v) is 1.59. The van der Waals surface area contributed by atoms with Gasteiger partial charge < -0.3 is 10.4 Å². The van der Waals surface area contributed by atoms with Crippen LogP contribution in [-0.4, -0.2) is 47.6 Å². The molecule has 14 heavy (non-hydrogen) atoms. The molecule has 0 bridgehead atoms. The van der Waals surface area contributed by atoms with Gasteiger partial charge in [0.25, 0.3) is 0 Å². The van der Waals surface area contributed by atoms with Crippen LogP contribution in [0, 0.1) is 5.92 Å². The molecule has 80 valence electrons. The molecular formula is C9H16N2O3. The molecule has 1 unspecified atom stereocenters. The Morgan fingerprint density at radius 1 is 1.71 bits per heavy atom. The summed E-state index contributed by atoms with van der Waals surface area (Å²) in [5.74, 6) is -0.600. The van der Waals surface area contributed by atoms with Crippen LogP contribution in [0.3, 0.4) is 0 Å². The summed E-state index contributed by atoms with van der Waals surface area (Å²) in [5.41, 5.74) is 0. The lowest BCUT2D eigenvalue weighted by Gasteiger charge is -2.33. The molecule has 1 heterocycles. The van der Waals surface area contributed by atoms with Crippen LogP contribution in [0.15, 0.2) is 0 Å². The molecule has 1 amide bonds. The van der Waals surface area contributed by atoms with E-state index in [-0.39, 0.29) is 19.0 Å². The molecule has 2 N–H and O–H groups in total. The Bertz CT molecular complexity index is 240. The molecule has 1 saturated heterocycles. The van der Waals surface area contributed by atoms with Crippen LogP contribution >= 0.6 is 0 Å². The smallest absolute Gasteiger partial charge is 0.322 e. The zero-order valence-electron chi connectivity index (χ0n) is 8.49. The zero-order chi connectivity index (χ0) is 10.7. The molecule has 0 aromatic carbocycles. The van der Waals surface area contributed by atoms with Gasteiger partial charge in [-0.05, 0) is 5.92 Å². The first-order valence-electron chi connectivity index (χ1n) is 4.74. The number of piperazine rings is 1. The molecule has 1 aliphatic heterocycles. The number of carboxylic acid groups (broad SMARTS) is 1. The van der Waals surface area contributed by atoms with E-state index in [0.717, 1.165) is 0 Å². The zero-order valence-corrected chi connectivity index (χ0v) is 8.49. The average molecular weight is 200 g/mol. The fraction of sp³-hybridized carbons (Fsp3) is 0.778. The molecule has 0 saturated carbocycles. The highest BCUT2D eigenvalue weighted by Crippen LogP contribution is 2.07. The number of nitrogens with one attached hydrogen (secondary N) is 1. The summed E-state index contributed by atoms with van der Waals surface area (Å²) in [5, 5.41) is 11.5. The van der Waals surface area contributed by atoms with Crippen molar-refractivity contribution in [1.82, 2.24) is 10.2 Å². The second-order valence-electron chi connectivity index (χ2n) is 3.98. The Kier molecular flexibility index (Phi) is 3.46. The van der Waals surface area contributed by atoms with Crippen molar-refractivity contribution in [3.05, 3.63) is 0 Å². The Hall–Kier alpha value is -1.10. The van der Waals surface area contributed by atoms with Gasteiger partial charge in [-0.3, -0.25) is 14.5 Å². The third-order valence-corrected chi connectivity index (χ3v) is 2.16. The number of hydrogen-bond acceptors (Lipinski definition) is 3. The molecule has 5 heteroatoms. The number of rotatable bonds is 3. The first-order chi connectivity index (χ1) is 6.50. The van der Waals surface area contributed by atoms with Gasteiger partial charge in [-0.15, -0.1) is 0 Å². The molecule has 1 atom stereocenters. The predicted molar refractivity (Wildman–Crippen MR) is 50.8 cm³/mol. The molecular weight excluding hydrogens is 184 g/mol.